The molecule has 1 unspecified atom stereocenters. The van der Waals surface area contributed by atoms with E-state index in [2.05, 4.69) is 5.32 Å². The number of nitrogens with one attached hydrogen (secondary N) is 1. The van der Waals surface area contributed by atoms with Crippen LogP contribution in [0, 0.1) is 0 Å². The Morgan fingerprint density at radius 3 is 2.67 bits per heavy atom. The van der Waals surface area contributed by atoms with Gasteiger partial charge in [0.05, 0.1) is 0 Å². The van der Waals surface area contributed by atoms with Crippen LogP contribution < -0.4 is 10.2 Å². The first-order valence-corrected chi connectivity index (χ1v) is 7.13. The van der Waals surface area contributed by atoms with Crippen LogP contribution in [0.5, 0.6) is 0 Å². The maximum absolute atomic E-state index is 12.5. The number of para-hydroxylation sites is 1. The van der Waals surface area contributed by atoms with Gasteiger partial charge in [0, 0.05) is 12.7 Å². The summed E-state index contributed by atoms with van der Waals surface area (Å²) in [5.74, 6) is -0.120. The van der Waals surface area contributed by atoms with Gasteiger partial charge in [0.25, 0.3) is 0 Å². The predicted octanol–water partition coefficient (Wildman–Crippen LogP) is 2.49. The fraction of sp³-hybridized carbons (Fsp3) is 0.500. The number of ether oxygens (including phenoxy) is 1. The van der Waals surface area contributed by atoms with Gasteiger partial charge in [-0.2, -0.15) is 0 Å². The topological polar surface area (TPSA) is 58.6 Å². The van der Waals surface area contributed by atoms with E-state index in [1.54, 1.807) is 32.7 Å². The quantitative estimate of drug-likeness (QED) is 0.864. The Labute approximate surface area is 125 Å². The van der Waals surface area contributed by atoms with Gasteiger partial charge in [-0.25, -0.2) is 4.79 Å². The lowest BCUT2D eigenvalue weighted by Crippen LogP contribution is -2.48. The molecule has 5 heteroatoms. The van der Waals surface area contributed by atoms with E-state index in [1.165, 1.54) is 0 Å². The van der Waals surface area contributed by atoms with Crippen molar-refractivity contribution in [3.8, 4) is 0 Å². The summed E-state index contributed by atoms with van der Waals surface area (Å²) in [4.78, 5) is 25.9. The highest BCUT2D eigenvalue weighted by Gasteiger charge is 2.30. The molecule has 1 N–H and O–H groups in total. The predicted molar refractivity (Wildman–Crippen MR) is 81.3 cm³/mol. The molecule has 0 aliphatic carbocycles. The third-order valence-corrected chi connectivity index (χ3v) is 3.37. The number of hydrogen-bond acceptors (Lipinski definition) is 3. The van der Waals surface area contributed by atoms with Crippen molar-refractivity contribution in [3.63, 3.8) is 0 Å². The molecule has 2 rings (SSSR count). The monoisotopic (exact) mass is 290 g/mol. The molecular formula is C16H22N2O3. The molecule has 1 heterocycles. The van der Waals surface area contributed by atoms with Gasteiger partial charge in [-0.05, 0) is 45.2 Å². The zero-order valence-electron chi connectivity index (χ0n) is 13.0. The van der Waals surface area contributed by atoms with Crippen LogP contribution in [0.4, 0.5) is 10.5 Å². The van der Waals surface area contributed by atoms with Crippen molar-refractivity contribution in [1.29, 1.82) is 0 Å². The second kappa shape index (κ2) is 5.76. The van der Waals surface area contributed by atoms with Crippen LogP contribution >= 0.6 is 0 Å². The molecule has 1 aromatic rings. The van der Waals surface area contributed by atoms with Crippen LogP contribution in [-0.4, -0.2) is 30.7 Å². The van der Waals surface area contributed by atoms with Gasteiger partial charge in [-0.3, -0.25) is 4.79 Å². The summed E-state index contributed by atoms with van der Waals surface area (Å²) in [7, 11) is 1.73. The van der Waals surface area contributed by atoms with Crippen LogP contribution in [0.3, 0.4) is 0 Å². The fourth-order valence-electron chi connectivity index (χ4n) is 2.41. The number of aryl methyl sites for hydroxylation is 1. The molecule has 0 bridgehead atoms. The molecule has 2 amide bonds. The minimum Gasteiger partial charge on any atom is -0.444 e. The van der Waals surface area contributed by atoms with E-state index in [1.807, 2.05) is 24.3 Å². The van der Waals surface area contributed by atoms with Crippen molar-refractivity contribution < 1.29 is 14.3 Å². The van der Waals surface area contributed by atoms with Crippen LogP contribution in [0.15, 0.2) is 24.3 Å². The Balaban J connectivity index is 2.11. The second-order valence-electron chi connectivity index (χ2n) is 6.26. The highest BCUT2D eigenvalue weighted by molar-refractivity contribution is 5.99. The van der Waals surface area contributed by atoms with Crippen molar-refractivity contribution >= 4 is 17.7 Å². The third-order valence-electron chi connectivity index (χ3n) is 3.37. The average Bonchev–Trinajstić information content (AvgIpc) is 2.50. The lowest BCUT2D eigenvalue weighted by molar-refractivity contribution is -0.120. The number of carbonyl (C=O) groups is 2. The van der Waals surface area contributed by atoms with E-state index in [-0.39, 0.29) is 5.91 Å². The number of amides is 2. The highest BCUT2D eigenvalue weighted by Crippen LogP contribution is 2.25. The van der Waals surface area contributed by atoms with Gasteiger partial charge in [0.2, 0.25) is 5.91 Å². The van der Waals surface area contributed by atoms with Crippen molar-refractivity contribution in [3.05, 3.63) is 29.8 Å². The standard InChI is InChI=1S/C16H22N2O3/c1-16(2,3)21-15(20)17-12-10-9-11-7-5-6-8-13(11)18(4)14(12)19/h5-8,12H,9-10H2,1-4H3,(H,17,20). The molecule has 0 radical (unpaired) electrons. The number of rotatable bonds is 1. The summed E-state index contributed by atoms with van der Waals surface area (Å²) < 4.78 is 5.22. The minimum absolute atomic E-state index is 0.120. The first kappa shape index (κ1) is 15.4. The molecule has 21 heavy (non-hydrogen) atoms. The molecule has 0 saturated heterocycles. The summed E-state index contributed by atoms with van der Waals surface area (Å²) >= 11 is 0. The molecule has 1 aromatic carbocycles. The van der Waals surface area contributed by atoms with Crippen LogP contribution in [0.2, 0.25) is 0 Å². The van der Waals surface area contributed by atoms with Gasteiger partial charge in [-0.1, -0.05) is 18.2 Å². The van der Waals surface area contributed by atoms with Crippen LogP contribution in [0.1, 0.15) is 32.8 Å². The summed E-state index contributed by atoms with van der Waals surface area (Å²) in [6, 6.07) is 7.23. The molecule has 5 nitrogen and oxygen atoms in total. The maximum atomic E-state index is 12.5. The van der Waals surface area contributed by atoms with E-state index >= 15 is 0 Å². The summed E-state index contributed by atoms with van der Waals surface area (Å²) in [6.45, 7) is 5.39. The smallest absolute Gasteiger partial charge is 0.408 e. The first-order chi connectivity index (χ1) is 9.78. The largest absolute Gasteiger partial charge is 0.444 e. The van der Waals surface area contributed by atoms with E-state index < -0.39 is 17.7 Å². The summed E-state index contributed by atoms with van der Waals surface area (Å²) in [5, 5.41) is 2.68. The molecule has 1 aliphatic heterocycles. The molecule has 0 saturated carbocycles. The molecule has 0 fully saturated rings. The lowest BCUT2D eigenvalue weighted by atomic mass is 10.1. The van der Waals surface area contributed by atoms with Crippen molar-refractivity contribution in [2.45, 2.75) is 45.3 Å². The van der Waals surface area contributed by atoms with E-state index in [0.29, 0.717) is 6.42 Å². The Morgan fingerprint density at radius 2 is 2.00 bits per heavy atom. The van der Waals surface area contributed by atoms with Gasteiger partial charge in [-0.15, -0.1) is 0 Å². The zero-order chi connectivity index (χ0) is 15.6. The second-order valence-corrected chi connectivity index (χ2v) is 6.26. The van der Waals surface area contributed by atoms with Gasteiger partial charge in [0.15, 0.2) is 0 Å². The molecule has 1 aliphatic rings. The normalized spacial score (nSPS) is 18.8. The number of benzene rings is 1. The Hall–Kier alpha value is -2.04. The number of carbonyl (C=O) groups excluding carboxylic acids is 2. The zero-order valence-corrected chi connectivity index (χ0v) is 13.0. The number of nitrogens with zero attached hydrogens (tertiary/aromatic N) is 1. The molecular weight excluding hydrogens is 268 g/mol. The number of likely N-dealkylation sites (N-methyl/N-ethyl adjacent to an activating group) is 1. The first-order valence-electron chi connectivity index (χ1n) is 7.13. The van der Waals surface area contributed by atoms with E-state index in [0.717, 1.165) is 17.7 Å². The van der Waals surface area contributed by atoms with Crippen molar-refractivity contribution in [1.82, 2.24) is 5.32 Å². The maximum Gasteiger partial charge on any atom is 0.408 e. The SMILES string of the molecule is CN1C(=O)C(NC(=O)OC(C)(C)C)CCc2ccccc21. The van der Waals surface area contributed by atoms with Gasteiger partial charge in [0.1, 0.15) is 11.6 Å². The molecule has 0 spiro atoms. The molecule has 0 aromatic heterocycles. The molecule has 1 atom stereocenters. The number of fused-ring (bicyclic) bond motifs is 1. The van der Waals surface area contributed by atoms with Crippen molar-refractivity contribution in [2.75, 3.05) is 11.9 Å². The number of alkyl carbamates (subject to hydrolysis) is 1. The number of anilines is 1. The van der Waals surface area contributed by atoms with Crippen LogP contribution in [-0.2, 0) is 16.0 Å². The van der Waals surface area contributed by atoms with Gasteiger partial charge >= 0.3 is 6.09 Å². The Kier molecular flexibility index (Phi) is 4.21. The van der Waals surface area contributed by atoms with E-state index in [4.69, 9.17) is 4.74 Å². The number of hydrogen-bond donors (Lipinski definition) is 1. The Bertz CT molecular complexity index is 549. The van der Waals surface area contributed by atoms with Crippen LogP contribution in [0.25, 0.3) is 0 Å². The third kappa shape index (κ3) is 3.74. The summed E-state index contributed by atoms with van der Waals surface area (Å²) in [5.41, 5.74) is 1.44. The Morgan fingerprint density at radius 1 is 1.33 bits per heavy atom. The highest BCUT2D eigenvalue weighted by atomic mass is 16.6. The fourth-order valence-corrected chi connectivity index (χ4v) is 2.41. The van der Waals surface area contributed by atoms with E-state index in [9.17, 15) is 9.59 Å². The van der Waals surface area contributed by atoms with Gasteiger partial charge < -0.3 is 15.0 Å². The minimum atomic E-state index is -0.577. The average molecular weight is 290 g/mol. The van der Waals surface area contributed by atoms with Crippen molar-refractivity contribution in [2.24, 2.45) is 0 Å². The lowest BCUT2D eigenvalue weighted by Gasteiger charge is -2.24. The molecule has 114 valence electrons. The summed E-state index contributed by atoms with van der Waals surface area (Å²) in [6.07, 6.45) is 0.756.